The zero-order valence-corrected chi connectivity index (χ0v) is 15.8. The maximum Gasteiger partial charge on any atom is 0.225 e. The van der Waals surface area contributed by atoms with Crippen LogP contribution in [0.5, 0.6) is 0 Å². The van der Waals surface area contributed by atoms with Gasteiger partial charge in [-0.2, -0.15) is 0 Å². The van der Waals surface area contributed by atoms with Gasteiger partial charge in [0.1, 0.15) is 0 Å². The third-order valence-electron chi connectivity index (χ3n) is 4.77. The third kappa shape index (κ3) is 3.88. The molecule has 2 unspecified atom stereocenters. The Labute approximate surface area is 141 Å². The summed E-state index contributed by atoms with van der Waals surface area (Å²) in [7, 11) is 0. The minimum atomic E-state index is 0.0671. The van der Waals surface area contributed by atoms with Crippen LogP contribution in [0.3, 0.4) is 0 Å². The van der Waals surface area contributed by atoms with Gasteiger partial charge in [-0.25, -0.2) is 0 Å². The molecule has 1 saturated heterocycles. The lowest BCUT2D eigenvalue weighted by molar-refractivity contribution is -0.139. The van der Waals surface area contributed by atoms with Gasteiger partial charge in [-0.15, -0.1) is 0 Å². The molecule has 1 fully saturated rings. The van der Waals surface area contributed by atoms with Gasteiger partial charge in [0.25, 0.3) is 0 Å². The monoisotopic (exact) mass is 316 g/mol. The van der Waals surface area contributed by atoms with E-state index in [0.29, 0.717) is 0 Å². The molecule has 3 heteroatoms. The molecule has 23 heavy (non-hydrogen) atoms. The second-order valence-electron chi connectivity index (χ2n) is 8.30. The van der Waals surface area contributed by atoms with Crippen LogP contribution in [0.2, 0.25) is 0 Å². The summed E-state index contributed by atoms with van der Waals surface area (Å²) >= 11 is 0. The number of benzene rings is 1. The van der Waals surface area contributed by atoms with Gasteiger partial charge in [-0.05, 0) is 37.0 Å². The second-order valence-corrected chi connectivity index (χ2v) is 8.30. The largest absolute Gasteiger partial charge is 0.367 e. The van der Waals surface area contributed by atoms with Crippen molar-refractivity contribution in [1.82, 2.24) is 4.90 Å². The summed E-state index contributed by atoms with van der Waals surface area (Å²) < 4.78 is 0. The third-order valence-corrected chi connectivity index (χ3v) is 4.77. The molecule has 0 radical (unpaired) electrons. The molecule has 1 heterocycles. The standard InChI is InChI=1S/C20H32N2O/c1-14(2)19(23)22-15(3)12-21(13-16(22)4)18-10-8-17(9-11-18)20(5,6)7/h8-11,14-16H,12-13H2,1-7H3. The van der Waals surface area contributed by atoms with Crippen LogP contribution in [0, 0.1) is 5.92 Å². The van der Waals surface area contributed by atoms with E-state index >= 15 is 0 Å². The number of rotatable bonds is 2. The van der Waals surface area contributed by atoms with Gasteiger partial charge in [0, 0.05) is 36.8 Å². The predicted octanol–water partition coefficient (Wildman–Crippen LogP) is 4.07. The van der Waals surface area contributed by atoms with E-state index in [1.165, 1.54) is 11.3 Å². The number of anilines is 1. The van der Waals surface area contributed by atoms with Crippen LogP contribution in [-0.2, 0) is 10.2 Å². The lowest BCUT2D eigenvalue weighted by atomic mass is 9.87. The number of piperazine rings is 1. The van der Waals surface area contributed by atoms with Crippen molar-refractivity contribution >= 4 is 11.6 Å². The molecule has 3 nitrogen and oxygen atoms in total. The van der Waals surface area contributed by atoms with E-state index in [0.717, 1.165) is 13.1 Å². The Kier molecular flexibility index (Phi) is 5.07. The quantitative estimate of drug-likeness (QED) is 0.821. The molecule has 1 aromatic carbocycles. The Hall–Kier alpha value is -1.51. The fraction of sp³-hybridized carbons (Fsp3) is 0.650. The smallest absolute Gasteiger partial charge is 0.225 e. The lowest BCUT2D eigenvalue weighted by Crippen LogP contribution is -2.59. The Morgan fingerprint density at radius 2 is 1.52 bits per heavy atom. The van der Waals surface area contributed by atoms with Gasteiger partial charge in [0.05, 0.1) is 0 Å². The fourth-order valence-corrected chi connectivity index (χ4v) is 3.44. The van der Waals surface area contributed by atoms with Crippen molar-refractivity contribution in [3.05, 3.63) is 29.8 Å². The Bertz CT molecular complexity index is 530. The summed E-state index contributed by atoms with van der Waals surface area (Å²) in [6.45, 7) is 16.8. The zero-order chi connectivity index (χ0) is 17.4. The highest BCUT2D eigenvalue weighted by molar-refractivity contribution is 5.79. The van der Waals surface area contributed by atoms with Crippen LogP contribution in [0.1, 0.15) is 54.0 Å². The first-order chi connectivity index (χ1) is 10.6. The van der Waals surface area contributed by atoms with E-state index < -0.39 is 0 Å². The lowest BCUT2D eigenvalue weighted by Gasteiger charge is -2.46. The number of nitrogens with zero attached hydrogens (tertiary/aromatic N) is 2. The van der Waals surface area contributed by atoms with Gasteiger partial charge in [0.15, 0.2) is 0 Å². The summed E-state index contributed by atoms with van der Waals surface area (Å²) in [6.07, 6.45) is 0. The minimum Gasteiger partial charge on any atom is -0.367 e. The summed E-state index contributed by atoms with van der Waals surface area (Å²) in [5.74, 6) is 0.338. The first-order valence-electron chi connectivity index (χ1n) is 8.79. The average molecular weight is 316 g/mol. The van der Waals surface area contributed by atoms with Crippen molar-refractivity contribution in [1.29, 1.82) is 0 Å². The van der Waals surface area contributed by atoms with E-state index in [1.54, 1.807) is 0 Å². The highest BCUT2D eigenvalue weighted by atomic mass is 16.2. The number of amides is 1. The molecular weight excluding hydrogens is 284 g/mol. The molecule has 0 aliphatic carbocycles. The number of carbonyl (C=O) groups is 1. The predicted molar refractivity (Wildman–Crippen MR) is 98.0 cm³/mol. The molecule has 0 bridgehead atoms. The van der Waals surface area contributed by atoms with Crippen molar-refractivity contribution < 1.29 is 4.79 Å². The molecule has 2 rings (SSSR count). The molecule has 1 aliphatic rings. The Morgan fingerprint density at radius 1 is 1.04 bits per heavy atom. The molecular formula is C20H32N2O. The van der Waals surface area contributed by atoms with Gasteiger partial charge in [-0.3, -0.25) is 4.79 Å². The van der Waals surface area contributed by atoms with Crippen LogP contribution in [0.4, 0.5) is 5.69 Å². The molecule has 0 N–H and O–H groups in total. The van der Waals surface area contributed by atoms with E-state index in [2.05, 4.69) is 68.7 Å². The van der Waals surface area contributed by atoms with E-state index in [9.17, 15) is 4.79 Å². The minimum absolute atomic E-state index is 0.0671. The SMILES string of the molecule is CC(C)C(=O)N1C(C)CN(c2ccc(C(C)(C)C)cc2)CC1C. The molecule has 128 valence electrons. The van der Waals surface area contributed by atoms with Gasteiger partial charge < -0.3 is 9.80 Å². The highest BCUT2D eigenvalue weighted by Crippen LogP contribution is 2.27. The Morgan fingerprint density at radius 3 is 1.91 bits per heavy atom. The van der Waals surface area contributed by atoms with Crippen LogP contribution in [0.15, 0.2) is 24.3 Å². The summed E-state index contributed by atoms with van der Waals surface area (Å²) in [6, 6.07) is 9.40. The summed E-state index contributed by atoms with van der Waals surface area (Å²) in [4.78, 5) is 16.9. The summed E-state index contributed by atoms with van der Waals surface area (Å²) in [5, 5.41) is 0. The molecule has 0 spiro atoms. The molecule has 1 aliphatic heterocycles. The molecule has 1 amide bonds. The van der Waals surface area contributed by atoms with E-state index in [1.807, 2.05) is 13.8 Å². The first-order valence-corrected chi connectivity index (χ1v) is 8.79. The fourth-order valence-electron chi connectivity index (χ4n) is 3.44. The number of hydrogen-bond acceptors (Lipinski definition) is 2. The normalized spacial score (nSPS) is 22.6. The van der Waals surface area contributed by atoms with Crippen molar-refractivity contribution in [3.63, 3.8) is 0 Å². The summed E-state index contributed by atoms with van der Waals surface area (Å²) in [5.41, 5.74) is 2.80. The zero-order valence-electron chi connectivity index (χ0n) is 15.8. The molecule has 2 atom stereocenters. The van der Waals surface area contributed by atoms with E-state index in [-0.39, 0.29) is 29.3 Å². The highest BCUT2D eigenvalue weighted by Gasteiger charge is 2.33. The van der Waals surface area contributed by atoms with Crippen LogP contribution < -0.4 is 4.90 Å². The molecule has 1 aromatic rings. The average Bonchev–Trinajstić information content (AvgIpc) is 2.45. The van der Waals surface area contributed by atoms with Crippen LogP contribution in [0.25, 0.3) is 0 Å². The number of carbonyl (C=O) groups excluding carboxylic acids is 1. The maximum absolute atomic E-state index is 12.4. The van der Waals surface area contributed by atoms with Gasteiger partial charge in [-0.1, -0.05) is 46.8 Å². The maximum atomic E-state index is 12.4. The number of hydrogen-bond donors (Lipinski definition) is 0. The molecule has 0 aromatic heterocycles. The van der Waals surface area contributed by atoms with Crippen molar-refractivity contribution in [3.8, 4) is 0 Å². The molecule has 0 saturated carbocycles. The first kappa shape index (κ1) is 17.8. The second kappa shape index (κ2) is 6.54. The van der Waals surface area contributed by atoms with Gasteiger partial charge in [0.2, 0.25) is 5.91 Å². The topological polar surface area (TPSA) is 23.6 Å². The van der Waals surface area contributed by atoms with Crippen LogP contribution in [-0.4, -0.2) is 36.0 Å². The van der Waals surface area contributed by atoms with E-state index in [4.69, 9.17) is 0 Å². The van der Waals surface area contributed by atoms with Gasteiger partial charge >= 0.3 is 0 Å². The Balaban J connectivity index is 2.14. The van der Waals surface area contributed by atoms with Crippen molar-refractivity contribution in [2.24, 2.45) is 5.92 Å². The van der Waals surface area contributed by atoms with Crippen LogP contribution >= 0.6 is 0 Å². The van der Waals surface area contributed by atoms with Crippen molar-refractivity contribution in [2.45, 2.75) is 66.0 Å². The van der Waals surface area contributed by atoms with Crippen molar-refractivity contribution in [2.75, 3.05) is 18.0 Å².